The molecule has 0 aliphatic heterocycles. The topological polar surface area (TPSA) is 71.0 Å². The molecule has 0 radical (unpaired) electrons. The van der Waals surface area contributed by atoms with Crippen LogP contribution in [0.1, 0.15) is 0 Å². The van der Waals surface area contributed by atoms with Gasteiger partial charge in [0.2, 0.25) is 4.96 Å². The molecule has 0 saturated carbocycles. The molecular formula is C16H13N3O4S. The minimum Gasteiger partial charge on any atom is -0.496 e. The molecule has 0 unspecified atom stereocenters. The van der Waals surface area contributed by atoms with Crippen LogP contribution in [0.3, 0.4) is 0 Å². The van der Waals surface area contributed by atoms with Crippen LogP contribution in [0, 0.1) is 0 Å². The highest BCUT2D eigenvalue weighted by molar-refractivity contribution is 7.18. The van der Waals surface area contributed by atoms with Crippen LogP contribution in [-0.2, 0) is 0 Å². The second-order valence-electron chi connectivity index (χ2n) is 4.86. The van der Waals surface area contributed by atoms with Crippen LogP contribution in [0.15, 0.2) is 41.7 Å². The molecule has 24 heavy (non-hydrogen) atoms. The Morgan fingerprint density at radius 1 is 1.25 bits per heavy atom. The fourth-order valence-corrected chi connectivity index (χ4v) is 3.10. The van der Waals surface area contributed by atoms with E-state index in [-0.39, 0.29) is 0 Å². The Balaban J connectivity index is 1.84. The van der Waals surface area contributed by atoms with Gasteiger partial charge >= 0.3 is 0 Å². The lowest BCUT2D eigenvalue weighted by Gasteiger charge is -2.04. The Bertz CT molecular complexity index is 1020. The number of methoxy groups -OCH3 is 2. The largest absolute Gasteiger partial charge is 0.496 e. The molecule has 3 heterocycles. The Labute approximate surface area is 140 Å². The van der Waals surface area contributed by atoms with Crippen molar-refractivity contribution < 1.29 is 18.6 Å². The van der Waals surface area contributed by atoms with Crippen molar-refractivity contribution in [1.82, 2.24) is 14.6 Å². The summed E-state index contributed by atoms with van der Waals surface area (Å²) in [5, 5.41) is 5.62. The first-order valence-electron chi connectivity index (χ1n) is 7.01. The van der Waals surface area contributed by atoms with Crippen molar-refractivity contribution in [2.75, 3.05) is 14.2 Å². The van der Waals surface area contributed by atoms with Crippen molar-refractivity contribution in [3.63, 3.8) is 0 Å². The number of imidazole rings is 1. The summed E-state index contributed by atoms with van der Waals surface area (Å²) in [6.45, 7) is 3.59. The molecule has 0 atom stereocenters. The molecule has 4 aromatic rings. The Morgan fingerprint density at radius 2 is 2.12 bits per heavy atom. The second-order valence-corrected chi connectivity index (χ2v) is 5.78. The lowest BCUT2D eigenvalue weighted by atomic mass is 10.2. The van der Waals surface area contributed by atoms with Crippen molar-refractivity contribution in [2.45, 2.75) is 0 Å². The fourth-order valence-electron chi connectivity index (χ4n) is 2.40. The number of benzene rings is 1. The zero-order valence-electron chi connectivity index (χ0n) is 13.0. The first-order valence-corrected chi connectivity index (χ1v) is 7.83. The van der Waals surface area contributed by atoms with Gasteiger partial charge in [0.1, 0.15) is 22.8 Å². The van der Waals surface area contributed by atoms with Crippen LogP contribution in [0.25, 0.3) is 27.4 Å². The van der Waals surface area contributed by atoms with Crippen molar-refractivity contribution >= 4 is 27.3 Å². The third-order valence-corrected chi connectivity index (χ3v) is 4.35. The summed E-state index contributed by atoms with van der Waals surface area (Å²) in [6.07, 6.45) is 3.15. The first-order chi connectivity index (χ1) is 11.7. The quantitative estimate of drug-likeness (QED) is 0.514. The van der Waals surface area contributed by atoms with E-state index in [0.29, 0.717) is 33.7 Å². The molecule has 0 amide bonds. The fraction of sp³-hybridized carbons (Fsp3) is 0.125. The lowest BCUT2D eigenvalue weighted by molar-refractivity contribution is 0.405. The van der Waals surface area contributed by atoms with E-state index in [9.17, 15) is 0 Å². The van der Waals surface area contributed by atoms with E-state index in [1.54, 1.807) is 37.1 Å². The maximum Gasteiger partial charge on any atom is 0.294 e. The van der Waals surface area contributed by atoms with Crippen LogP contribution >= 0.6 is 11.3 Å². The molecule has 8 heteroatoms. The summed E-state index contributed by atoms with van der Waals surface area (Å²) in [7, 11) is 3.16. The molecule has 1 aromatic carbocycles. The van der Waals surface area contributed by atoms with Crippen molar-refractivity contribution in [1.29, 1.82) is 0 Å². The molecule has 0 bridgehead atoms. The number of furan rings is 1. The maximum absolute atomic E-state index is 5.91. The number of nitrogens with zero attached hydrogens (tertiary/aromatic N) is 3. The van der Waals surface area contributed by atoms with Gasteiger partial charge in [-0.2, -0.15) is 0 Å². The second kappa shape index (κ2) is 5.57. The number of fused-ring (bicyclic) bond motifs is 2. The molecule has 4 rings (SSSR count). The van der Waals surface area contributed by atoms with Crippen molar-refractivity contribution in [3.05, 3.63) is 37.2 Å². The number of rotatable bonds is 5. The standard InChI is InChI=1S/C16H13N3O4S/c1-4-22-12-5-9(20-2)6-13-10(12)7-14(23-13)11-8-19-15(17-11)24-16(18-19)21-3/h4-8H,1H2,2-3H3. The summed E-state index contributed by atoms with van der Waals surface area (Å²) in [5.74, 6) is 1.86. The van der Waals surface area contributed by atoms with E-state index in [0.717, 1.165) is 10.3 Å². The summed E-state index contributed by atoms with van der Waals surface area (Å²) in [6, 6.07) is 5.45. The van der Waals surface area contributed by atoms with E-state index in [2.05, 4.69) is 16.7 Å². The van der Waals surface area contributed by atoms with Gasteiger partial charge in [0, 0.05) is 12.1 Å². The summed E-state index contributed by atoms with van der Waals surface area (Å²) >= 11 is 1.36. The molecule has 0 saturated heterocycles. The van der Waals surface area contributed by atoms with E-state index in [4.69, 9.17) is 18.6 Å². The summed E-state index contributed by atoms with van der Waals surface area (Å²) in [4.78, 5) is 5.24. The number of aromatic nitrogens is 3. The highest BCUT2D eigenvalue weighted by Crippen LogP contribution is 2.37. The van der Waals surface area contributed by atoms with E-state index in [1.807, 2.05) is 6.07 Å². The van der Waals surface area contributed by atoms with Gasteiger partial charge in [-0.1, -0.05) is 6.58 Å². The minimum atomic E-state index is 0.556. The lowest BCUT2D eigenvalue weighted by Crippen LogP contribution is -1.86. The molecule has 0 aliphatic carbocycles. The van der Waals surface area contributed by atoms with Gasteiger partial charge in [0.05, 0.1) is 32.1 Å². The van der Waals surface area contributed by atoms with Gasteiger partial charge in [-0.05, 0) is 17.4 Å². The van der Waals surface area contributed by atoms with Gasteiger partial charge in [0.15, 0.2) is 5.76 Å². The molecule has 0 fully saturated rings. The molecule has 122 valence electrons. The third-order valence-electron chi connectivity index (χ3n) is 3.47. The molecule has 0 N–H and O–H groups in total. The van der Waals surface area contributed by atoms with Gasteiger partial charge in [-0.15, -0.1) is 5.10 Å². The molecule has 0 spiro atoms. The van der Waals surface area contributed by atoms with Gasteiger partial charge < -0.3 is 18.6 Å². The van der Waals surface area contributed by atoms with Crippen LogP contribution < -0.4 is 14.2 Å². The Hall–Kier alpha value is -3.00. The minimum absolute atomic E-state index is 0.556. The smallest absolute Gasteiger partial charge is 0.294 e. The van der Waals surface area contributed by atoms with Crippen LogP contribution in [0.2, 0.25) is 0 Å². The molecular weight excluding hydrogens is 330 g/mol. The number of hydrogen-bond acceptors (Lipinski definition) is 7. The maximum atomic E-state index is 5.91. The van der Waals surface area contributed by atoms with Crippen LogP contribution in [-0.4, -0.2) is 28.8 Å². The van der Waals surface area contributed by atoms with Gasteiger partial charge in [-0.25, -0.2) is 9.50 Å². The number of hydrogen-bond donors (Lipinski definition) is 0. The molecule has 7 nitrogen and oxygen atoms in total. The average molecular weight is 343 g/mol. The predicted molar refractivity (Wildman–Crippen MR) is 90.0 cm³/mol. The highest BCUT2D eigenvalue weighted by Gasteiger charge is 2.16. The van der Waals surface area contributed by atoms with Crippen molar-refractivity contribution in [3.8, 4) is 28.1 Å². The normalized spacial score (nSPS) is 11.1. The van der Waals surface area contributed by atoms with E-state index in [1.165, 1.54) is 17.6 Å². The molecule has 0 aliphatic rings. The Morgan fingerprint density at radius 3 is 2.83 bits per heavy atom. The predicted octanol–water partition coefficient (Wildman–Crippen LogP) is 3.74. The van der Waals surface area contributed by atoms with Gasteiger partial charge in [0.25, 0.3) is 5.19 Å². The zero-order chi connectivity index (χ0) is 16.7. The van der Waals surface area contributed by atoms with Crippen molar-refractivity contribution in [2.24, 2.45) is 0 Å². The van der Waals surface area contributed by atoms with Crippen LogP contribution in [0.4, 0.5) is 0 Å². The van der Waals surface area contributed by atoms with Gasteiger partial charge in [-0.3, -0.25) is 0 Å². The molecule has 3 aromatic heterocycles. The summed E-state index contributed by atoms with van der Waals surface area (Å²) < 4.78 is 23.4. The van der Waals surface area contributed by atoms with Crippen LogP contribution in [0.5, 0.6) is 16.7 Å². The first kappa shape index (κ1) is 14.6. The van der Waals surface area contributed by atoms with E-state index < -0.39 is 0 Å². The monoisotopic (exact) mass is 343 g/mol. The SMILES string of the molecule is C=COc1cc(OC)cc2oc(-c3cn4nc(OC)sc4n3)cc12. The third kappa shape index (κ3) is 2.28. The number of ether oxygens (including phenoxy) is 3. The zero-order valence-corrected chi connectivity index (χ0v) is 13.8. The summed E-state index contributed by atoms with van der Waals surface area (Å²) in [5.41, 5.74) is 1.32. The Kier molecular flexibility index (Phi) is 3.39. The van der Waals surface area contributed by atoms with E-state index >= 15 is 0 Å². The average Bonchev–Trinajstić information content (AvgIpc) is 3.26. The highest BCUT2D eigenvalue weighted by atomic mass is 32.1.